The Morgan fingerprint density at radius 3 is 2.62 bits per heavy atom. The van der Waals surface area contributed by atoms with Crippen LogP contribution in [0.1, 0.15) is 28.8 Å². The van der Waals surface area contributed by atoms with Crippen molar-refractivity contribution in [3.8, 4) is 0 Å². The Balaban J connectivity index is 1.50. The third kappa shape index (κ3) is 2.54. The van der Waals surface area contributed by atoms with E-state index in [2.05, 4.69) is 10.1 Å². The van der Waals surface area contributed by atoms with Gasteiger partial charge in [0.05, 0.1) is 11.8 Å². The summed E-state index contributed by atoms with van der Waals surface area (Å²) >= 11 is 0. The molecule has 2 aromatic heterocycles. The van der Waals surface area contributed by atoms with Crippen molar-refractivity contribution in [2.45, 2.75) is 18.5 Å². The van der Waals surface area contributed by atoms with Crippen molar-refractivity contribution >= 4 is 11.6 Å². The number of aromatic nitrogens is 3. The van der Waals surface area contributed by atoms with E-state index in [9.17, 15) is 4.79 Å². The molecule has 0 radical (unpaired) electrons. The van der Waals surface area contributed by atoms with Crippen molar-refractivity contribution in [2.75, 3.05) is 13.1 Å². The van der Waals surface area contributed by atoms with E-state index < -0.39 is 5.67 Å². The first-order valence-electron chi connectivity index (χ1n) is 7.99. The zero-order valence-electron chi connectivity index (χ0n) is 13.1. The van der Waals surface area contributed by atoms with Crippen LogP contribution in [0.25, 0.3) is 5.65 Å². The highest BCUT2D eigenvalue weighted by molar-refractivity contribution is 5.93. The van der Waals surface area contributed by atoms with Crippen LogP contribution in [0.5, 0.6) is 0 Å². The van der Waals surface area contributed by atoms with Crippen LogP contribution < -0.4 is 0 Å². The summed E-state index contributed by atoms with van der Waals surface area (Å²) in [6.07, 6.45) is 5.46. The van der Waals surface area contributed by atoms with Gasteiger partial charge in [0.2, 0.25) is 0 Å². The number of piperidine rings is 1. The molecule has 122 valence electrons. The SMILES string of the molecule is O=C(c1cnc2ccnn2c1)N1CCC(F)(c2ccccc2)CC1. The van der Waals surface area contributed by atoms with E-state index in [4.69, 9.17) is 0 Å². The molecule has 4 rings (SSSR count). The van der Waals surface area contributed by atoms with E-state index in [0.717, 1.165) is 0 Å². The second-order valence-electron chi connectivity index (χ2n) is 6.10. The van der Waals surface area contributed by atoms with Gasteiger partial charge in [-0.15, -0.1) is 0 Å². The van der Waals surface area contributed by atoms with Crippen molar-refractivity contribution in [3.05, 3.63) is 66.1 Å². The number of hydrogen-bond donors (Lipinski definition) is 0. The van der Waals surface area contributed by atoms with E-state index in [1.165, 1.54) is 0 Å². The first-order valence-corrected chi connectivity index (χ1v) is 7.99. The zero-order valence-corrected chi connectivity index (χ0v) is 13.1. The maximum Gasteiger partial charge on any atom is 0.256 e. The molecule has 0 spiro atoms. The Morgan fingerprint density at radius 2 is 1.88 bits per heavy atom. The highest BCUT2D eigenvalue weighted by Crippen LogP contribution is 2.37. The minimum Gasteiger partial charge on any atom is -0.338 e. The molecule has 24 heavy (non-hydrogen) atoms. The summed E-state index contributed by atoms with van der Waals surface area (Å²) in [5, 5.41) is 4.09. The summed E-state index contributed by atoms with van der Waals surface area (Å²) in [5.41, 5.74) is 0.494. The fourth-order valence-electron chi connectivity index (χ4n) is 3.19. The average Bonchev–Trinajstić information content (AvgIpc) is 3.10. The maximum atomic E-state index is 15.1. The number of carbonyl (C=O) groups excluding carboxylic acids is 1. The van der Waals surface area contributed by atoms with E-state index in [0.29, 0.717) is 42.7 Å². The standard InChI is InChI=1S/C18H17FN4O/c19-18(15-4-2-1-3-5-15)7-10-22(11-8-18)17(24)14-12-20-16-6-9-21-23(16)13-14/h1-6,9,12-13H,7-8,10-11H2. The molecule has 0 unspecified atom stereocenters. The number of benzene rings is 1. The lowest BCUT2D eigenvalue weighted by Crippen LogP contribution is -2.43. The number of fused-ring (bicyclic) bond motifs is 1. The predicted molar refractivity (Wildman–Crippen MR) is 87.4 cm³/mol. The summed E-state index contributed by atoms with van der Waals surface area (Å²) in [7, 11) is 0. The van der Waals surface area contributed by atoms with Crippen LogP contribution in [0.2, 0.25) is 0 Å². The molecule has 0 N–H and O–H groups in total. The number of nitrogens with zero attached hydrogens (tertiary/aromatic N) is 4. The maximum absolute atomic E-state index is 15.1. The molecular formula is C18H17FN4O. The highest BCUT2D eigenvalue weighted by Gasteiger charge is 2.37. The van der Waals surface area contributed by atoms with Gasteiger partial charge in [-0.1, -0.05) is 30.3 Å². The van der Waals surface area contributed by atoms with Crippen LogP contribution in [0.15, 0.2) is 55.0 Å². The molecule has 1 saturated heterocycles. The lowest BCUT2D eigenvalue weighted by Gasteiger charge is -2.36. The molecule has 6 heteroatoms. The van der Waals surface area contributed by atoms with Gasteiger partial charge in [0.25, 0.3) is 5.91 Å². The van der Waals surface area contributed by atoms with Crippen LogP contribution in [-0.4, -0.2) is 38.5 Å². The number of alkyl halides is 1. The van der Waals surface area contributed by atoms with Crippen molar-refractivity contribution in [1.82, 2.24) is 19.5 Å². The minimum absolute atomic E-state index is 0.130. The normalized spacial score (nSPS) is 17.1. The average molecular weight is 324 g/mol. The number of amides is 1. The molecule has 0 atom stereocenters. The first-order chi connectivity index (χ1) is 11.7. The van der Waals surface area contributed by atoms with E-state index >= 15 is 4.39 Å². The van der Waals surface area contributed by atoms with Crippen LogP contribution in [0, 0.1) is 0 Å². The van der Waals surface area contributed by atoms with Gasteiger partial charge in [-0.05, 0) is 5.56 Å². The van der Waals surface area contributed by atoms with Gasteiger partial charge in [-0.2, -0.15) is 5.10 Å². The molecule has 1 fully saturated rings. The van der Waals surface area contributed by atoms with Crippen LogP contribution >= 0.6 is 0 Å². The Hall–Kier alpha value is -2.76. The van der Waals surface area contributed by atoms with Crippen molar-refractivity contribution < 1.29 is 9.18 Å². The third-order valence-electron chi connectivity index (χ3n) is 4.63. The molecule has 1 aromatic carbocycles. The van der Waals surface area contributed by atoms with Gasteiger partial charge in [-0.25, -0.2) is 13.9 Å². The molecular weight excluding hydrogens is 307 g/mol. The molecule has 1 aliphatic heterocycles. The van der Waals surface area contributed by atoms with Gasteiger partial charge >= 0.3 is 0 Å². The fourth-order valence-corrected chi connectivity index (χ4v) is 3.19. The fraction of sp³-hybridized carbons (Fsp3) is 0.278. The molecule has 1 aliphatic rings. The van der Waals surface area contributed by atoms with Crippen LogP contribution in [0.4, 0.5) is 4.39 Å². The topological polar surface area (TPSA) is 50.5 Å². The van der Waals surface area contributed by atoms with Gasteiger partial charge in [0, 0.05) is 44.4 Å². The van der Waals surface area contributed by atoms with Crippen molar-refractivity contribution in [2.24, 2.45) is 0 Å². The second-order valence-corrected chi connectivity index (χ2v) is 6.10. The van der Waals surface area contributed by atoms with Crippen molar-refractivity contribution in [3.63, 3.8) is 0 Å². The van der Waals surface area contributed by atoms with E-state index in [-0.39, 0.29) is 5.91 Å². The van der Waals surface area contributed by atoms with Gasteiger partial charge in [0.15, 0.2) is 5.65 Å². The quantitative estimate of drug-likeness (QED) is 0.728. The second kappa shape index (κ2) is 5.70. The Morgan fingerprint density at radius 1 is 1.12 bits per heavy atom. The van der Waals surface area contributed by atoms with E-state index in [1.54, 1.807) is 34.1 Å². The smallest absolute Gasteiger partial charge is 0.256 e. The van der Waals surface area contributed by atoms with E-state index in [1.807, 2.05) is 30.3 Å². The summed E-state index contributed by atoms with van der Waals surface area (Å²) in [5.74, 6) is -0.130. The zero-order chi connectivity index (χ0) is 16.6. The summed E-state index contributed by atoms with van der Waals surface area (Å²) in [4.78, 5) is 18.5. The lowest BCUT2D eigenvalue weighted by molar-refractivity contribution is 0.0420. The van der Waals surface area contributed by atoms with Gasteiger partial charge in [0.1, 0.15) is 5.67 Å². The Labute approximate surface area is 138 Å². The molecule has 3 heterocycles. The number of likely N-dealkylation sites (tertiary alicyclic amines) is 1. The van der Waals surface area contributed by atoms with Crippen molar-refractivity contribution in [1.29, 1.82) is 0 Å². The highest BCUT2D eigenvalue weighted by atomic mass is 19.1. The number of hydrogen-bond acceptors (Lipinski definition) is 3. The molecule has 1 amide bonds. The van der Waals surface area contributed by atoms with Gasteiger partial charge < -0.3 is 4.90 Å². The number of halogens is 1. The van der Waals surface area contributed by atoms with Gasteiger partial charge in [-0.3, -0.25) is 4.79 Å². The molecule has 0 saturated carbocycles. The molecule has 0 aliphatic carbocycles. The summed E-state index contributed by atoms with van der Waals surface area (Å²) in [6.45, 7) is 0.780. The first kappa shape index (κ1) is 14.8. The number of rotatable bonds is 2. The lowest BCUT2D eigenvalue weighted by atomic mass is 9.86. The summed E-state index contributed by atoms with van der Waals surface area (Å²) in [6, 6.07) is 11.0. The number of carbonyl (C=O) groups is 1. The molecule has 3 aromatic rings. The van der Waals surface area contributed by atoms with Crippen LogP contribution in [0.3, 0.4) is 0 Å². The summed E-state index contributed by atoms with van der Waals surface area (Å²) < 4.78 is 16.7. The Kier molecular flexibility index (Phi) is 3.52. The molecule has 5 nitrogen and oxygen atoms in total. The predicted octanol–water partition coefficient (Wildman–Crippen LogP) is 2.83. The van der Waals surface area contributed by atoms with Crippen LogP contribution in [-0.2, 0) is 5.67 Å². The Bertz CT molecular complexity index is 869. The largest absolute Gasteiger partial charge is 0.338 e. The molecule has 0 bridgehead atoms. The minimum atomic E-state index is -1.36. The third-order valence-corrected chi connectivity index (χ3v) is 4.63. The monoisotopic (exact) mass is 324 g/mol.